The molecule has 1 saturated carbocycles. The van der Waals surface area contributed by atoms with Gasteiger partial charge >= 0.3 is 0 Å². The van der Waals surface area contributed by atoms with Crippen LogP contribution >= 0.6 is 24.8 Å². The Hall–Kier alpha value is -0.580. The van der Waals surface area contributed by atoms with Crippen molar-refractivity contribution in [1.82, 2.24) is 4.98 Å². The molecule has 0 spiro atoms. The maximum absolute atomic E-state index is 13.3. The number of pyridine rings is 1. The van der Waals surface area contributed by atoms with E-state index >= 15 is 0 Å². The van der Waals surface area contributed by atoms with Crippen LogP contribution in [0.1, 0.15) is 25.7 Å². The highest BCUT2D eigenvalue weighted by Crippen LogP contribution is 2.21. The van der Waals surface area contributed by atoms with Gasteiger partial charge in [-0.05, 0) is 25.0 Å². The summed E-state index contributed by atoms with van der Waals surface area (Å²) in [5, 5.41) is 3.09. The van der Waals surface area contributed by atoms with Crippen LogP contribution in [0, 0.1) is 5.82 Å². The summed E-state index contributed by atoms with van der Waals surface area (Å²) in [5.41, 5.74) is 5.96. The normalized spacial score (nSPS) is 23.2. The van der Waals surface area contributed by atoms with E-state index in [9.17, 15) is 4.39 Å². The standard InChI is InChI=1S/C11H16FN3.2ClH/c12-8-4-3-7-14-11(8)15-10-6-2-1-5-9(10)13;;/h3-4,7,9-10H,1-2,5-6,13H2,(H,14,15);2*1H/t9-,10-;;/m0../s1. The van der Waals surface area contributed by atoms with E-state index in [1.165, 1.54) is 12.5 Å². The second-order valence-corrected chi connectivity index (χ2v) is 4.03. The minimum Gasteiger partial charge on any atom is -0.363 e. The average Bonchev–Trinajstić information content (AvgIpc) is 2.24. The van der Waals surface area contributed by atoms with Crippen molar-refractivity contribution in [3.8, 4) is 0 Å². The zero-order valence-corrected chi connectivity index (χ0v) is 11.1. The van der Waals surface area contributed by atoms with E-state index in [1.807, 2.05) is 0 Å². The number of anilines is 1. The molecule has 0 bridgehead atoms. The molecule has 1 aromatic rings. The zero-order valence-electron chi connectivity index (χ0n) is 9.43. The summed E-state index contributed by atoms with van der Waals surface area (Å²) in [6.45, 7) is 0. The molecule has 98 valence electrons. The molecule has 1 heterocycles. The second kappa shape index (κ2) is 7.69. The lowest BCUT2D eigenvalue weighted by molar-refractivity contribution is 0.402. The molecule has 1 aliphatic rings. The van der Waals surface area contributed by atoms with Crippen LogP contribution in [0.4, 0.5) is 10.2 Å². The summed E-state index contributed by atoms with van der Waals surface area (Å²) in [4.78, 5) is 3.97. The first kappa shape index (κ1) is 16.4. The van der Waals surface area contributed by atoms with E-state index in [0.29, 0.717) is 5.82 Å². The zero-order chi connectivity index (χ0) is 10.7. The molecule has 6 heteroatoms. The SMILES string of the molecule is Cl.Cl.N[C@H]1CCCC[C@@H]1Nc1ncccc1F. The van der Waals surface area contributed by atoms with Crippen molar-refractivity contribution in [2.45, 2.75) is 37.8 Å². The summed E-state index contributed by atoms with van der Waals surface area (Å²) in [7, 11) is 0. The molecule has 0 amide bonds. The summed E-state index contributed by atoms with van der Waals surface area (Å²) in [5.74, 6) is 0.00937. The molecule has 1 aromatic heterocycles. The van der Waals surface area contributed by atoms with Crippen molar-refractivity contribution < 1.29 is 4.39 Å². The van der Waals surface area contributed by atoms with Crippen molar-refractivity contribution in [2.75, 3.05) is 5.32 Å². The first-order valence-electron chi connectivity index (χ1n) is 5.40. The summed E-state index contributed by atoms with van der Waals surface area (Å²) < 4.78 is 13.3. The van der Waals surface area contributed by atoms with Crippen molar-refractivity contribution in [3.63, 3.8) is 0 Å². The second-order valence-electron chi connectivity index (χ2n) is 4.03. The van der Waals surface area contributed by atoms with E-state index < -0.39 is 0 Å². The quantitative estimate of drug-likeness (QED) is 0.877. The third-order valence-electron chi connectivity index (χ3n) is 2.90. The average molecular weight is 282 g/mol. The number of nitrogens with zero attached hydrogens (tertiary/aromatic N) is 1. The molecule has 1 aliphatic carbocycles. The van der Waals surface area contributed by atoms with Gasteiger partial charge in [-0.2, -0.15) is 0 Å². The number of hydrogen-bond acceptors (Lipinski definition) is 3. The van der Waals surface area contributed by atoms with Gasteiger partial charge in [0.1, 0.15) is 0 Å². The Bertz CT molecular complexity index is 338. The lowest BCUT2D eigenvalue weighted by Gasteiger charge is -2.29. The third kappa shape index (κ3) is 4.30. The van der Waals surface area contributed by atoms with Crippen LogP contribution in [0.2, 0.25) is 0 Å². The molecule has 2 atom stereocenters. The molecule has 0 unspecified atom stereocenters. The van der Waals surface area contributed by atoms with Crippen LogP contribution in [0.15, 0.2) is 18.3 Å². The summed E-state index contributed by atoms with van der Waals surface area (Å²) in [6, 6.07) is 3.26. The van der Waals surface area contributed by atoms with E-state index in [1.54, 1.807) is 12.3 Å². The Balaban J connectivity index is 0.00000128. The molecule has 0 radical (unpaired) electrons. The number of nitrogens with one attached hydrogen (secondary N) is 1. The highest BCUT2D eigenvalue weighted by molar-refractivity contribution is 5.85. The fourth-order valence-electron chi connectivity index (χ4n) is 2.01. The van der Waals surface area contributed by atoms with Gasteiger partial charge in [0.25, 0.3) is 0 Å². The molecule has 0 aliphatic heterocycles. The van der Waals surface area contributed by atoms with Gasteiger partial charge < -0.3 is 11.1 Å². The highest BCUT2D eigenvalue weighted by Gasteiger charge is 2.22. The van der Waals surface area contributed by atoms with Crippen molar-refractivity contribution in [2.24, 2.45) is 5.73 Å². The van der Waals surface area contributed by atoms with Crippen molar-refractivity contribution in [1.29, 1.82) is 0 Å². The minimum absolute atomic E-state index is 0. The third-order valence-corrected chi connectivity index (χ3v) is 2.90. The van der Waals surface area contributed by atoms with Gasteiger partial charge in [0.2, 0.25) is 0 Å². The van der Waals surface area contributed by atoms with Gasteiger partial charge in [-0.1, -0.05) is 12.8 Å². The van der Waals surface area contributed by atoms with Crippen LogP contribution in [-0.4, -0.2) is 17.1 Å². The molecule has 0 aromatic carbocycles. The number of nitrogens with two attached hydrogens (primary N) is 1. The van der Waals surface area contributed by atoms with Crippen LogP contribution < -0.4 is 11.1 Å². The highest BCUT2D eigenvalue weighted by atomic mass is 35.5. The Kier molecular flexibility index (Phi) is 7.43. The smallest absolute Gasteiger partial charge is 0.165 e. The molecule has 0 saturated heterocycles. The van der Waals surface area contributed by atoms with Gasteiger partial charge in [0, 0.05) is 18.3 Å². The fourth-order valence-corrected chi connectivity index (χ4v) is 2.01. The van der Waals surface area contributed by atoms with Crippen molar-refractivity contribution >= 4 is 30.6 Å². The van der Waals surface area contributed by atoms with E-state index in [4.69, 9.17) is 5.73 Å². The van der Waals surface area contributed by atoms with Crippen LogP contribution in [0.25, 0.3) is 0 Å². The Morgan fingerprint density at radius 3 is 2.65 bits per heavy atom. The molecule has 3 nitrogen and oxygen atoms in total. The largest absolute Gasteiger partial charge is 0.363 e. The number of aromatic nitrogens is 1. The predicted molar refractivity (Wildman–Crippen MR) is 72.5 cm³/mol. The van der Waals surface area contributed by atoms with Crippen LogP contribution in [0.5, 0.6) is 0 Å². The maximum Gasteiger partial charge on any atom is 0.165 e. The van der Waals surface area contributed by atoms with E-state index in [-0.39, 0.29) is 42.7 Å². The van der Waals surface area contributed by atoms with E-state index in [0.717, 1.165) is 19.3 Å². The fraction of sp³-hybridized carbons (Fsp3) is 0.545. The molecule has 3 N–H and O–H groups in total. The minimum atomic E-state index is -0.310. The number of rotatable bonds is 2. The number of halogens is 3. The molecule has 17 heavy (non-hydrogen) atoms. The maximum atomic E-state index is 13.3. The van der Waals surface area contributed by atoms with E-state index in [2.05, 4.69) is 10.3 Å². The Labute approximate surface area is 113 Å². The Morgan fingerprint density at radius 1 is 1.29 bits per heavy atom. The van der Waals surface area contributed by atoms with Crippen LogP contribution in [-0.2, 0) is 0 Å². The lowest BCUT2D eigenvalue weighted by atomic mass is 9.91. The van der Waals surface area contributed by atoms with Gasteiger partial charge in [-0.25, -0.2) is 9.37 Å². The van der Waals surface area contributed by atoms with Gasteiger partial charge in [0.15, 0.2) is 11.6 Å². The molecule has 1 fully saturated rings. The van der Waals surface area contributed by atoms with Crippen LogP contribution in [0.3, 0.4) is 0 Å². The molecule has 2 rings (SSSR count). The first-order chi connectivity index (χ1) is 7.27. The van der Waals surface area contributed by atoms with Crippen molar-refractivity contribution in [3.05, 3.63) is 24.1 Å². The molecular weight excluding hydrogens is 264 g/mol. The van der Waals surface area contributed by atoms with Gasteiger partial charge in [0.05, 0.1) is 0 Å². The predicted octanol–water partition coefficient (Wildman–Crippen LogP) is 2.75. The summed E-state index contributed by atoms with van der Waals surface area (Å²) in [6.07, 6.45) is 5.91. The lowest BCUT2D eigenvalue weighted by Crippen LogP contribution is -2.42. The molecular formula is C11H18Cl2FN3. The Morgan fingerprint density at radius 2 is 2.00 bits per heavy atom. The van der Waals surface area contributed by atoms with Gasteiger partial charge in [-0.15, -0.1) is 24.8 Å². The monoisotopic (exact) mass is 281 g/mol. The number of hydrogen-bond donors (Lipinski definition) is 2. The topological polar surface area (TPSA) is 50.9 Å². The first-order valence-corrected chi connectivity index (χ1v) is 5.40. The van der Waals surface area contributed by atoms with Gasteiger partial charge in [-0.3, -0.25) is 0 Å². The summed E-state index contributed by atoms with van der Waals surface area (Å²) >= 11 is 0.